The molecule has 88 valence electrons. The Bertz CT molecular complexity index is 529. The fraction of sp³-hybridized carbons (Fsp3) is 0.0769. The summed E-state index contributed by atoms with van der Waals surface area (Å²) in [6.45, 7) is 0. The van der Waals surface area contributed by atoms with Crippen LogP contribution in [0.2, 0.25) is 0 Å². The van der Waals surface area contributed by atoms with Crippen molar-refractivity contribution in [1.29, 1.82) is 0 Å². The van der Waals surface area contributed by atoms with Crippen LogP contribution >= 0.6 is 11.8 Å². The van der Waals surface area contributed by atoms with Crippen LogP contribution in [0, 0.1) is 0 Å². The molecule has 0 saturated heterocycles. The molecule has 0 aliphatic rings. The Balaban J connectivity index is 2.28. The van der Waals surface area contributed by atoms with Gasteiger partial charge in [-0.1, -0.05) is 23.9 Å². The van der Waals surface area contributed by atoms with Crippen molar-refractivity contribution >= 4 is 17.4 Å². The number of nitrogen functional groups attached to an aromatic ring is 1. The molecule has 0 bridgehead atoms. The fourth-order valence-electron chi connectivity index (χ4n) is 1.43. The summed E-state index contributed by atoms with van der Waals surface area (Å²) in [6, 6.07) is 12.9. The van der Waals surface area contributed by atoms with Crippen LogP contribution in [0.5, 0.6) is 11.5 Å². The zero-order valence-corrected chi connectivity index (χ0v) is 10.2. The highest BCUT2D eigenvalue weighted by Crippen LogP contribution is 2.36. The van der Waals surface area contributed by atoms with E-state index in [0.29, 0.717) is 5.69 Å². The van der Waals surface area contributed by atoms with E-state index in [4.69, 9.17) is 10.5 Å². The van der Waals surface area contributed by atoms with E-state index in [1.807, 2.05) is 30.3 Å². The number of anilines is 1. The predicted molar refractivity (Wildman–Crippen MR) is 69.6 cm³/mol. The van der Waals surface area contributed by atoms with Crippen molar-refractivity contribution < 1.29 is 9.84 Å². The first-order chi connectivity index (χ1) is 8.20. The molecule has 17 heavy (non-hydrogen) atoms. The molecule has 2 aromatic rings. The first-order valence-electron chi connectivity index (χ1n) is 5.10. The van der Waals surface area contributed by atoms with E-state index >= 15 is 0 Å². The lowest BCUT2D eigenvalue weighted by Crippen LogP contribution is -1.87. The zero-order valence-electron chi connectivity index (χ0n) is 9.38. The Morgan fingerprint density at radius 3 is 2.65 bits per heavy atom. The van der Waals surface area contributed by atoms with Gasteiger partial charge in [0.25, 0.3) is 0 Å². The van der Waals surface area contributed by atoms with Gasteiger partial charge in [-0.2, -0.15) is 0 Å². The molecule has 0 heterocycles. The maximum Gasteiger partial charge on any atom is 0.138 e. The van der Waals surface area contributed by atoms with Gasteiger partial charge in [0.1, 0.15) is 11.5 Å². The van der Waals surface area contributed by atoms with Gasteiger partial charge in [-0.3, -0.25) is 0 Å². The predicted octanol–water partition coefficient (Wildman–Crippen LogP) is 3.13. The summed E-state index contributed by atoms with van der Waals surface area (Å²) >= 11 is 1.55. The average Bonchev–Trinajstić information content (AvgIpc) is 2.34. The number of phenols is 1. The number of nitrogens with two attached hydrogens (primary N) is 1. The smallest absolute Gasteiger partial charge is 0.138 e. The van der Waals surface area contributed by atoms with Gasteiger partial charge in [0.05, 0.1) is 17.7 Å². The average molecular weight is 247 g/mol. The van der Waals surface area contributed by atoms with Gasteiger partial charge < -0.3 is 15.6 Å². The number of hydrogen-bond donors (Lipinski definition) is 2. The summed E-state index contributed by atoms with van der Waals surface area (Å²) in [5.74, 6) is 0.929. The lowest BCUT2D eigenvalue weighted by molar-refractivity contribution is 0.405. The van der Waals surface area contributed by atoms with Gasteiger partial charge in [0.2, 0.25) is 0 Å². The molecule has 0 aliphatic heterocycles. The number of para-hydroxylation sites is 1. The molecule has 4 heteroatoms. The zero-order chi connectivity index (χ0) is 12.3. The van der Waals surface area contributed by atoms with Crippen molar-refractivity contribution in [2.75, 3.05) is 12.8 Å². The minimum atomic E-state index is 0.106. The molecule has 3 nitrogen and oxygen atoms in total. The Labute approximate surface area is 104 Å². The summed E-state index contributed by atoms with van der Waals surface area (Å²) in [5, 5.41) is 9.35. The molecule has 2 aromatic carbocycles. The van der Waals surface area contributed by atoms with E-state index < -0.39 is 0 Å². The molecule has 0 unspecified atom stereocenters. The molecule has 0 saturated carbocycles. The van der Waals surface area contributed by atoms with Crippen molar-refractivity contribution in [3.8, 4) is 11.5 Å². The number of ether oxygens (including phenoxy) is 1. The summed E-state index contributed by atoms with van der Waals surface area (Å²) in [6.07, 6.45) is 0. The first-order valence-corrected chi connectivity index (χ1v) is 5.91. The van der Waals surface area contributed by atoms with E-state index in [2.05, 4.69) is 0 Å². The van der Waals surface area contributed by atoms with E-state index in [1.54, 1.807) is 31.0 Å². The largest absolute Gasteiger partial charge is 0.506 e. The first kappa shape index (κ1) is 11.7. The monoisotopic (exact) mass is 247 g/mol. The Morgan fingerprint density at radius 2 is 1.94 bits per heavy atom. The van der Waals surface area contributed by atoms with Gasteiger partial charge >= 0.3 is 0 Å². The van der Waals surface area contributed by atoms with E-state index in [0.717, 1.165) is 15.5 Å². The van der Waals surface area contributed by atoms with Crippen LogP contribution in [0.15, 0.2) is 52.3 Å². The lowest BCUT2D eigenvalue weighted by atomic mass is 10.3. The highest BCUT2D eigenvalue weighted by Gasteiger charge is 2.05. The van der Waals surface area contributed by atoms with Crippen LogP contribution in [0.25, 0.3) is 0 Å². The minimum Gasteiger partial charge on any atom is -0.506 e. The quantitative estimate of drug-likeness (QED) is 0.646. The van der Waals surface area contributed by atoms with Gasteiger partial charge in [-0.25, -0.2) is 0 Å². The molecule has 0 atom stereocenters. The molecule has 3 N–H and O–H groups in total. The van der Waals surface area contributed by atoms with Gasteiger partial charge in [-0.15, -0.1) is 0 Å². The van der Waals surface area contributed by atoms with Crippen molar-refractivity contribution in [3.05, 3.63) is 42.5 Å². The third-order valence-corrected chi connectivity index (χ3v) is 3.34. The summed E-state index contributed by atoms with van der Waals surface area (Å²) in [4.78, 5) is 1.98. The van der Waals surface area contributed by atoms with Crippen molar-refractivity contribution in [1.82, 2.24) is 0 Å². The van der Waals surface area contributed by atoms with Gasteiger partial charge in [-0.05, 0) is 30.3 Å². The van der Waals surface area contributed by atoms with Crippen LogP contribution in [0.3, 0.4) is 0 Å². The number of benzene rings is 2. The van der Waals surface area contributed by atoms with Crippen LogP contribution in [-0.2, 0) is 0 Å². The van der Waals surface area contributed by atoms with Crippen molar-refractivity contribution in [2.24, 2.45) is 0 Å². The Morgan fingerprint density at radius 1 is 1.18 bits per heavy atom. The Kier molecular flexibility index (Phi) is 3.44. The molecular formula is C13H13NO2S. The molecule has 0 aliphatic carbocycles. The highest BCUT2D eigenvalue weighted by molar-refractivity contribution is 7.99. The summed E-state index contributed by atoms with van der Waals surface area (Å²) in [5.41, 5.74) is 6.03. The molecule has 0 radical (unpaired) electrons. The number of phenolic OH excluding ortho intramolecular Hbond substituents is 1. The number of methoxy groups -OCH3 is 1. The van der Waals surface area contributed by atoms with Crippen molar-refractivity contribution in [2.45, 2.75) is 9.79 Å². The molecule has 0 amide bonds. The van der Waals surface area contributed by atoms with Crippen LogP contribution < -0.4 is 10.5 Å². The SMILES string of the molecule is COc1ccccc1Sc1ccc(O)c(N)c1. The summed E-state index contributed by atoms with van der Waals surface area (Å²) in [7, 11) is 1.64. The molecule has 0 fully saturated rings. The second-order valence-electron chi connectivity index (χ2n) is 3.47. The van der Waals surface area contributed by atoms with E-state index in [1.165, 1.54) is 0 Å². The second kappa shape index (κ2) is 5.01. The maximum atomic E-state index is 9.35. The normalized spacial score (nSPS) is 10.2. The minimum absolute atomic E-state index is 0.106. The van der Waals surface area contributed by atoms with Crippen LogP contribution in [0.4, 0.5) is 5.69 Å². The van der Waals surface area contributed by atoms with E-state index in [-0.39, 0.29) is 5.75 Å². The molecule has 0 spiro atoms. The van der Waals surface area contributed by atoms with Crippen LogP contribution in [0.1, 0.15) is 0 Å². The highest BCUT2D eigenvalue weighted by atomic mass is 32.2. The molecule has 0 aromatic heterocycles. The van der Waals surface area contributed by atoms with Crippen molar-refractivity contribution in [3.63, 3.8) is 0 Å². The summed E-state index contributed by atoms with van der Waals surface area (Å²) < 4.78 is 5.27. The maximum absolute atomic E-state index is 9.35. The van der Waals surface area contributed by atoms with Gasteiger partial charge in [0.15, 0.2) is 0 Å². The van der Waals surface area contributed by atoms with E-state index in [9.17, 15) is 5.11 Å². The number of aromatic hydroxyl groups is 1. The van der Waals surface area contributed by atoms with Crippen LogP contribution in [-0.4, -0.2) is 12.2 Å². The molecule has 2 rings (SSSR count). The third kappa shape index (κ3) is 2.65. The molecular weight excluding hydrogens is 234 g/mol. The standard InChI is InChI=1S/C13H13NO2S/c1-16-12-4-2-3-5-13(12)17-9-6-7-11(15)10(14)8-9/h2-8,15H,14H2,1H3. The fourth-order valence-corrected chi connectivity index (χ4v) is 2.40. The second-order valence-corrected chi connectivity index (χ2v) is 4.59. The Hall–Kier alpha value is -1.81. The lowest BCUT2D eigenvalue weighted by Gasteiger charge is -2.08. The number of hydrogen-bond acceptors (Lipinski definition) is 4. The van der Waals surface area contributed by atoms with Gasteiger partial charge in [0, 0.05) is 4.90 Å². The number of rotatable bonds is 3. The third-order valence-electron chi connectivity index (χ3n) is 2.30. The topological polar surface area (TPSA) is 55.5 Å².